The molecule has 2 rings (SSSR count). The molecule has 0 amide bonds. The van der Waals surface area contributed by atoms with E-state index in [1.165, 1.54) is 13.0 Å². The van der Waals surface area contributed by atoms with Crippen LogP contribution in [-0.4, -0.2) is 23.9 Å². The molecule has 0 saturated heterocycles. The van der Waals surface area contributed by atoms with Gasteiger partial charge >= 0.3 is 23.9 Å². The Labute approximate surface area is 142 Å². The molecule has 9 nitrogen and oxygen atoms in total. The lowest BCUT2D eigenvalue weighted by atomic mass is 10.1. The van der Waals surface area contributed by atoms with E-state index in [9.17, 15) is 19.2 Å². The summed E-state index contributed by atoms with van der Waals surface area (Å²) in [5.74, 6) is -3.35. The summed E-state index contributed by atoms with van der Waals surface area (Å²) in [6, 6.07) is 1.39. The Bertz CT molecular complexity index is 750. The monoisotopic (exact) mass is 352 g/mol. The highest BCUT2D eigenvalue weighted by molar-refractivity contribution is 5.79. The summed E-state index contributed by atoms with van der Waals surface area (Å²) in [7, 11) is 0. The average Bonchev–Trinajstić information content (AvgIpc) is 2.82. The predicted molar refractivity (Wildman–Crippen MR) is 79.7 cm³/mol. The molecule has 134 valence electrons. The van der Waals surface area contributed by atoms with Crippen LogP contribution in [0.3, 0.4) is 0 Å². The summed E-state index contributed by atoms with van der Waals surface area (Å²) in [5, 5.41) is 0. The summed E-state index contributed by atoms with van der Waals surface area (Å²) in [6.07, 6.45) is -1.15. The molecule has 0 radical (unpaired) electrons. The zero-order chi connectivity index (χ0) is 18.7. The molecule has 1 aliphatic rings. The first-order valence-corrected chi connectivity index (χ1v) is 7.23. The van der Waals surface area contributed by atoms with E-state index in [1.807, 2.05) is 0 Å². The van der Waals surface area contributed by atoms with E-state index in [-0.39, 0.29) is 29.4 Å². The van der Waals surface area contributed by atoms with Gasteiger partial charge in [0.25, 0.3) is 0 Å². The molecule has 0 N–H and O–H groups in total. The lowest BCUT2D eigenvalue weighted by Crippen LogP contribution is -2.14. The third kappa shape index (κ3) is 4.32. The molecule has 1 heterocycles. The van der Waals surface area contributed by atoms with Gasteiger partial charge in [0.05, 0.1) is 12.2 Å². The fourth-order valence-electron chi connectivity index (χ4n) is 2.27. The average molecular weight is 352 g/mol. The Kier molecular flexibility index (Phi) is 5.38. The van der Waals surface area contributed by atoms with E-state index in [1.54, 1.807) is 0 Å². The molecule has 0 saturated carbocycles. The number of hydrogen-bond acceptors (Lipinski definition) is 9. The lowest BCUT2D eigenvalue weighted by Gasteiger charge is -2.18. The van der Waals surface area contributed by atoms with E-state index in [0.717, 1.165) is 20.8 Å². The summed E-state index contributed by atoms with van der Waals surface area (Å²) in [4.78, 5) is 45.5. The van der Waals surface area contributed by atoms with Crippen molar-refractivity contribution < 1.29 is 42.9 Å². The van der Waals surface area contributed by atoms with Gasteiger partial charge in [-0.25, -0.2) is 0 Å². The highest BCUT2D eigenvalue weighted by atomic mass is 16.7. The van der Waals surface area contributed by atoms with Gasteiger partial charge in [-0.1, -0.05) is 0 Å². The lowest BCUT2D eigenvalue weighted by molar-refractivity contribution is -0.175. The first kappa shape index (κ1) is 18.4. The van der Waals surface area contributed by atoms with Gasteiger partial charge in [-0.3, -0.25) is 19.2 Å². The molecule has 1 aliphatic heterocycles. The first-order chi connectivity index (χ1) is 11.7. The molecule has 0 bridgehead atoms. The third-order valence-corrected chi connectivity index (χ3v) is 2.97. The minimum atomic E-state index is -1.15. The SMILES string of the molecule is CC(=O)Oc1cc2c(c(OC(C)=O)c1OC(C)=O)[C@@H](OC(C)=O)OC2. The van der Waals surface area contributed by atoms with Crippen LogP contribution in [0, 0.1) is 0 Å². The first-order valence-electron chi connectivity index (χ1n) is 7.23. The van der Waals surface area contributed by atoms with Crippen molar-refractivity contribution in [1.82, 2.24) is 0 Å². The normalized spacial score (nSPS) is 15.1. The molecule has 0 aliphatic carbocycles. The molecule has 0 spiro atoms. The van der Waals surface area contributed by atoms with Crippen molar-refractivity contribution in [2.24, 2.45) is 0 Å². The number of fused-ring (bicyclic) bond motifs is 1. The van der Waals surface area contributed by atoms with Crippen LogP contribution in [0.15, 0.2) is 6.07 Å². The second kappa shape index (κ2) is 7.31. The van der Waals surface area contributed by atoms with Crippen molar-refractivity contribution >= 4 is 23.9 Å². The van der Waals surface area contributed by atoms with Crippen molar-refractivity contribution in [2.45, 2.75) is 40.6 Å². The van der Waals surface area contributed by atoms with E-state index >= 15 is 0 Å². The largest absolute Gasteiger partial charge is 0.431 e. The van der Waals surface area contributed by atoms with Crippen LogP contribution < -0.4 is 14.2 Å². The molecule has 0 aromatic heterocycles. The number of hydrogen-bond donors (Lipinski definition) is 0. The van der Waals surface area contributed by atoms with Crippen LogP contribution in [0.4, 0.5) is 0 Å². The summed E-state index contributed by atoms with van der Waals surface area (Å²) in [5.41, 5.74) is 0.659. The van der Waals surface area contributed by atoms with Gasteiger partial charge < -0.3 is 23.7 Å². The van der Waals surface area contributed by atoms with Crippen molar-refractivity contribution in [3.05, 3.63) is 17.2 Å². The van der Waals surface area contributed by atoms with Crippen LogP contribution in [0.2, 0.25) is 0 Å². The summed E-state index contributed by atoms with van der Waals surface area (Å²) < 4.78 is 25.7. The highest BCUT2D eigenvalue weighted by Crippen LogP contribution is 2.49. The zero-order valence-corrected chi connectivity index (χ0v) is 14.0. The number of carbonyl (C=O) groups excluding carboxylic acids is 4. The second-order valence-electron chi connectivity index (χ2n) is 5.14. The topological polar surface area (TPSA) is 114 Å². The van der Waals surface area contributed by atoms with Crippen molar-refractivity contribution in [3.8, 4) is 17.2 Å². The van der Waals surface area contributed by atoms with Crippen LogP contribution in [0.25, 0.3) is 0 Å². The number of benzene rings is 1. The minimum absolute atomic E-state index is 0.0101. The fourth-order valence-corrected chi connectivity index (χ4v) is 2.27. The van der Waals surface area contributed by atoms with Gasteiger partial charge in [-0.15, -0.1) is 0 Å². The number of rotatable bonds is 4. The van der Waals surface area contributed by atoms with E-state index < -0.39 is 30.2 Å². The van der Waals surface area contributed by atoms with Gasteiger partial charge in [0.2, 0.25) is 12.0 Å². The maximum atomic E-state index is 11.5. The van der Waals surface area contributed by atoms with Gasteiger partial charge in [0.1, 0.15) is 0 Å². The third-order valence-electron chi connectivity index (χ3n) is 2.97. The Morgan fingerprint density at radius 3 is 1.96 bits per heavy atom. The smallest absolute Gasteiger partial charge is 0.308 e. The Morgan fingerprint density at radius 2 is 1.44 bits per heavy atom. The fraction of sp³-hybridized carbons (Fsp3) is 0.375. The molecular formula is C16H16O9. The Balaban J connectivity index is 2.67. The molecule has 1 aromatic rings. The van der Waals surface area contributed by atoms with E-state index in [0.29, 0.717) is 5.56 Å². The molecule has 1 aromatic carbocycles. The molecule has 0 fully saturated rings. The van der Waals surface area contributed by atoms with E-state index in [2.05, 4.69) is 0 Å². The van der Waals surface area contributed by atoms with Crippen LogP contribution >= 0.6 is 0 Å². The molecule has 1 atom stereocenters. The molecule has 9 heteroatoms. The summed E-state index contributed by atoms with van der Waals surface area (Å²) in [6.45, 7) is 4.62. The molecule has 0 unspecified atom stereocenters. The number of ether oxygens (including phenoxy) is 5. The predicted octanol–water partition coefficient (Wildman–Crippen LogP) is 1.55. The van der Waals surface area contributed by atoms with Gasteiger partial charge in [0.15, 0.2) is 11.5 Å². The second-order valence-corrected chi connectivity index (χ2v) is 5.14. The van der Waals surface area contributed by atoms with E-state index in [4.69, 9.17) is 23.7 Å². The van der Waals surface area contributed by atoms with Crippen molar-refractivity contribution in [1.29, 1.82) is 0 Å². The van der Waals surface area contributed by atoms with Crippen molar-refractivity contribution in [3.63, 3.8) is 0 Å². The summed E-state index contributed by atoms with van der Waals surface area (Å²) >= 11 is 0. The van der Waals surface area contributed by atoms with Gasteiger partial charge in [0, 0.05) is 27.7 Å². The maximum absolute atomic E-state index is 11.5. The van der Waals surface area contributed by atoms with Gasteiger partial charge in [-0.2, -0.15) is 0 Å². The standard InChI is InChI=1S/C16H16O9/c1-7(17)22-12-5-11-6-21-16(25-10(4)20)13(11)15(24-9(3)19)14(12)23-8(2)18/h5,16H,6H2,1-4H3/t16-/m1/s1. The van der Waals surface area contributed by atoms with Crippen LogP contribution in [0.5, 0.6) is 17.2 Å². The number of carbonyl (C=O) groups is 4. The maximum Gasteiger partial charge on any atom is 0.308 e. The molecule has 25 heavy (non-hydrogen) atoms. The highest BCUT2D eigenvalue weighted by Gasteiger charge is 2.36. The minimum Gasteiger partial charge on any atom is -0.431 e. The Hall–Kier alpha value is -2.94. The number of esters is 4. The van der Waals surface area contributed by atoms with Crippen LogP contribution in [0.1, 0.15) is 45.1 Å². The van der Waals surface area contributed by atoms with Gasteiger partial charge in [-0.05, 0) is 11.6 Å². The Morgan fingerprint density at radius 1 is 0.880 bits per heavy atom. The van der Waals surface area contributed by atoms with Crippen LogP contribution in [-0.2, 0) is 35.3 Å². The quantitative estimate of drug-likeness (QED) is 0.588. The van der Waals surface area contributed by atoms with Crippen molar-refractivity contribution in [2.75, 3.05) is 0 Å². The zero-order valence-electron chi connectivity index (χ0n) is 14.0. The molecular weight excluding hydrogens is 336 g/mol.